The van der Waals surface area contributed by atoms with E-state index in [0.29, 0.717) is 6.04 Å². The van der Waals surface area contributed by atoms with Gasteiger partial charge in [0.05, 0.1) is 0 Å². The van der Waals surface area contributed by atoms with E-state index in [1.807, 2.05) is 0 Å². The van der Waals surface area contributed by atoms with Crippen molar-refractivity contribution in [1.29, 1.82) is 0 Å². The molecule has 0 radical (unpaired) electrons. The Labute approximate surface area is 136 Å². The van der Waals surface area contributed by atoms with E-state index in [2.05, 4.69) is 48.3 Å². The van der Waals surface area contributed by atoms with Gasteiger partial charge in [0.25, 0.3) is 0 Å². The summed E-state index contributed by atoms with van der Waals surface area (Å²) in [7, 11) is 0. The first kappa shape index (κ1) is 16.0. The Hall–Kier alpha value is -0.860. The van der Waals surface area contributed by atoms with Crippen LogP contribution in [0.25, 0.3) is 0 Å². The maximum absolute atomic E-state index is 3.88. The summed E-state index contributed by atoms with van der Waals surface area (Å²) in [5.74, 6) is 1.75. The third kappa shape index (κ3) is 4.57. The number of benzene rings is 1. The molecule has 2 aliphatic rings. The molecule has 1 aromatic rings. The zero-order valence-electron chi connectivity index (χ0n) is 14.4. The molecule has 122 valence electrons. The van der Waals surface area contributed by atoms with E-state index in [-0.39, 0.29) is 0 Å². The van der Waals surface area contributed by atoms with Crippen molar-refractivity contribution in [3.05, 3.63) is 35.4 Å². The summed E-state index contributed by atoms with van der Waals surface area (Å²) in [5.41, 5.74) is 2.81. The first-order valence-corrected chi connectivity index (χ1v) is 9.20. The summed E-state index contributed by atoms with van der Waals surface area (Å²) < 4.78 is 0. The van der Waals surface area contributed by atoms with E-state index in [1.54, 1.807) is 0 Å². The third-order valence-electron chi connectivity index (χ3n) is 5.43. The van der Waals surface area contributed by atoms with Gasteiger partial charge in [-0.3, -0.25) is 4.90 Å². The summed E-state index contributed by atoms with van der Waals surface area (Å²) in [6, 6.07) is 9.73. The van der Waals surface area contributed by atoms with Crippen LogP contribution in [-0.2, 0) is 6.54 Å². The van der Waals surface area contributed by atoms with Gasteiger partial charge in [-0.25, -0.2) is 0 Å². The van der Waals surface area contributed by atoms with Crippen LogP contribution in [0.3, 0.4) is 0 Å². The van der Waals surface area contributed by atoms with Gasteiger partial charge >= 0.3 is 0 Å². The normalized spacial score (nSPS) is 27.4. The molecule has 0 amide bonds. The Bertz CT molecular complexity index is 447. The highest BCUT2D eigenvalue weighted by Gasteiger charge is 2.25. The highest BCUT2D eigenvalue weighted by Crippen LogP contribution is 2.25. The monoisotopic (exact) mass is 300 g/mol. The number of hydrogen-bond donors (Lipinski definition) is 1. The number of rotatable bonds is 5. The molecule has 0 spiro atoms. The lowest BCUT2D eigenvalue weighted by atomic mass is 9.94. The van der Waals surface area contributed by atoms with Gasteiger partial charge in [-0.05, 0) is 50.1 Å². The Morgan fingerprint density at radius 3 is 2.55 bits per heavy atom. The molecule has 2 fully saturated rings. The van der Waals surface area contributed by atoms with Gasteiger partial charge in [-0.15, -0.1) is 0 Å². The number of likely N-dealkylation sites (tertiary alicyclic amines) is 1. The van der Waals surface area contributed by atoms with Crippen LogP contribution in [0.1, 0.15) is 50.2 Å². The van der Waals surface area contributed by atoms with Crippen molar-refractivity contribution >= 4 is 0 Å². The van der Waals surface area contributed by atoms with Crippen LogP contribution < -0.4 is 5.32 Å². The Balaban J connectivity index is 1.50. The fourth-order valence-corrected chi connectivity index (χ4v) is 4.24. The maximum atomic E-state index is 3.88. The smallest absolute Gasteiger partial charge is 0.0234 e. The van der Waals surface area contributed by atoms with Crippen LogP contribution in [0.2, 0.25) is 0 Å². The lowest BCUT2D eigenvalue weighted by Gasteiger charge is -2.37. The van der Waals surface area contributed by atoms with E-state index in [4.69, 9.17) is 0 Å². The largest absolute Gasteiger partial charge is 0.312 e. The van der Waals surface area contributed by atoms with Crippen molar-refractivity contribution in [3.63, 3.8) is 0 Å². The molecular weight excluding hydrogens is 268 g/mol. The number of piperidine rings is 1. The number of nitrogens with one attached hydrogen (secondary N) is 1. The third-order valence-corrected chi connectivity index (χ3v) is 5.43. The zero-order chi connectivity index (χ0) is 15.4. The Morgan fingerprint density at radius 2 is 1.82 bits per heavy atom. The molecule has 1 aliphatic heterocycles. The van der Waals surface area contributed by atoms with Gasteiger partial charge in [0, 0.05) is 25.7 Å². The van der Waals surface area contributed by atoms with Crippen molar-refractivity contribution in [2.24, 2.45) is 11.8 Å². The molecule has 1 saturated heterocycles. The van der Waals surface area contributed by atoms with Crippen LogP contribution in [-0.4, -0.2) is 30.6 Å². The second-order valence-corrected chi connectivity index (χ2v) is 7.78. The van der Waals surface area contributed by atoms with Crippen LogP contribution in [0.5, 0.6) is 0 Å². The summed E-state index contributed by atoms with van der Waals surface area (Å²) in [4.78, 5) is 2.64. The van der Waals surface area contributed by atoms with Gasteiger partial charge in [0.2, 0.25) is 0 Å². The molecule has 22 heavy (non-hydrogen) atoms. The van der Waals surface area contributed by atoms with Crippen molar-refractivity contribution in [1.82, 2.24) is 10.2 Å². The number of nitrogens with zero attached hydrogens (tertiary/aromatic N) is 1. The maximum Gasteiger partial charge on any atom is 0.0234 e. The molecule has 2 heteroatoms. The topological polar surface area (TPSA) is 15.3 Å². The Kier molecular flexibility index (Phi) is 5.54. The lowest BCUT2D eigenvalue weighted by molar-refractivity contribution is 0.140. The molecule has 1 N–H and O–H groups in total. The highest BCUT2D eigenvalue weighted by molar-refractivity contribution is 5.21. The molecule has 1 heterocycles. The molecule has 1 saturated carbocycles. The van der Waals surface area contributed by atoms with Crippen molar-refractivity contribution in [2.45, 2.75) is 58.5 Å². The fraction of sp³-hybridized carbons (Fsp3) is 0.700. The quantitative estimate of drug-likeness (QED) is 0.884. The van der Waals surface area contributed by atoms with E-state index < -0.39 is 0 Å². The van der Waals surface area contributed by atoms with Crippen molar-refractivity contribution in [2.75, 3.05) is 19.6 Å². The minimum atomic E-state index is 0.690. The van der Waals surface area contributed by atoms with E-state index >= 15 is 0 Å². The second kappa shape index (κ2) is 7.61. The standard InChI is InChI=1S/C20H32N2/c1-16-7-9-19(10-8-16)14-22-13-17(2)11-20(15-22)21-12-18-5-3-4-6-18/h7-10,17-18,20-21H,3-6,11-15H2,1-2H3. The molecule has 3 rings (SSSR count). The molecule has 2 nitrogen and oxygen atoms in total. The van der Waals surface area contributed by atoms with Crippen LogP contribution in [0, 0.1) is 18.8 Å². The lowest BCUT2D eigenvalue weighted by Crippen LogP contribution is -2.49. The molecular formula is C20H32N2. The minimum Gasteiger partial charge on any atom is -0.312 e. The van der Waals surface area contributed by atoms with Crippen molar-refractivity contribution < 1.29 is 0 Å². The van der Waals surface area contributed by atoms with Crippen LogP contribution in [0.4, 0.5) is 0 Å². The Morgan fingerprint density at radius 1 is 1.09 bits per heavy atom. The van der Waals surface area contributed by atoms with E-state index in [0.717, 1.165) is 18.4 Å². The van der Waals surface area contributed by atoms with Gasteiger partial charge < -0.3 is 5.32 Å². The van der Waals surface area contributed by atoms with Gasteiger partial charge in [0.1, 0.15) is 0 Å². The fourth-order valence-electron chi connectivity index (χ4n) is 4.24. The van der Waals surface area contributed by atoms with E-state index in [9.17, 15) is 0 Å². The van der Waals surface area contributed by atoms with Crippen LogP contribution >= 0.6 is 0 Å². The predicted octanol–water partition coefficient (Wildman–Crippen LogP) is 3.99. The SMILES string of the molecule is Cc1ccc(CN2CC(C)CC(NCC3CCCC3)C2)cc1. The predicted molar refractivity (Wildman–Crippen MR) is 94.0 cm³/mol. The molecule has 0 bridgehead atoms. The molecule has 2 unspecified atom stereocenters. The van der Waals surface area contributed by atoms with Gasteiger partial charge in [-0.1, -0.05) is 49.6 Å². The first-order chi connectivity index (χ1) is 10.7. The summed E-state index contributed by atoms with van der Waals surface area (Å²) >= 11 is 0. The number of hydrogen-bond acceptors (Lipinski definition) is 2. The minimum absolute atomic E-state index is 0.690. The van der Waals surface area contributed by atoms with Crippen molar-refractivity contribution in [3.8, 4) is 0 Å². The highest BCUT2D eigenvalue weighted by atomic mass is 15.2. The van der Waals surface area contributed by atoms with E-state index in [1.165, 1.54) is 62.9 Å². The summed E-state index contributed by atoms with van der Waals surface area (Å²) in [6.45, 7) is 9.38. The average molecular weight is 300 g/mol. The van der Waals surface area contributed by atoms with Gasteiger partial charge in [0.15, 0.2) is 0 Å². The summed E-state index contributed by atoms with van der Waals surface area (Å²) in [6.07, 6.45) is 7.14. The molecule has 0 aromatic heterocycles. The summed E-state index contributed by atoms with van der Waals surface area (Å²) in [5, 5.41) is 3.88. The molecule has 1 aliphatic carbocycles. The number of aryl methyl sites for hydroxylation is 1. The second-order valence-electron chi connectivity index (χ2n) is 7.78. The van der Waals surface area contributed by atoms with Crippen LogP contribution in [0.15, 0.2) is 24.3 Å². The first-order valence-electron chi connectivity index (χ1n) is 9.20. The van der Waals surface area contributed by atoms with Gasteiger partial charge in [-0.2, -0.15) is 0 Å². The zero-order valence-corrected chi connectivity index (χ0v) is 14.4. The average Bonchev–Trinajstić information content (AvgIpc) is 3.00. The molecule has 1 aromatic carbocycles. The molecule has 2 atom stereocenters.